The summed E-state index contributed by atoms with van der Waals surface area (Å²) >= 11 is 0. The van der Waals surface area contributed by atoms with Gasteiger partial charge in [0.2, 0.25) is 5.60 Å². The van der Waals surface area contributed by atoms with Gasteiger partial charge < -0.3 is 39.9 Å². The van der Waals surface area contributed by atoms with E-state index in [2.05, 4.69) is 22.0 Å². The molecule has 6 atom stereocenters. The fourth-order valence-electron chi connectivity index (χ4n) is 7.26. The molecule has 0 aliphatic carbocycles. The third kappa shape index (κ3) is 14.1. The number of nitrogen functional groups attached to an aromatic ring is 1. The molecule has 1 fully saturated rings. The van der Waals surface area contributed by atoms with Gasteiger partial charge in [-0.05, 0) is 30.7 Å². The van der Waals surface area contributed by atoms with Crippen LogP contribution in [0.1, 0.15) is 133 Å². The highest BCUT2D eigenvalue weighted by molar-refractivity contribution is 7.46. The summed E-state index contributed by atoms with van der Waals surface area (Å²) < 4.78 is 37.0. The van der Waals surface area contributed by atoms with E-state index in [1.54, 1.807) is 12.1 Å². The Morgan fingerprint density at radius 1 is 0.912 bits per heavy atom. The summed E-state index contributed by atoms with van der Waals surface area (Å²) in [6.07, 6.45) is 14.5. The number of nitrogens with zero attached hydrogens (tertiary/aromatic N) is 6. The van der Waals surface area contributed by atoms with Gasteiger partial charge in [-0.1, -0.05) is 103 Å². The second-order valence-corrected chi connectivity index (χ2v) is 16.0. The molecule has 1 aliphatic rings. The van der Waals surface area contributed by atoms with Crippen molar-refractivity contribution in [1.29, 1.82) is 10.5 Å². The number of phosphoric ester groups is 1. The highest BCUT2D eigenvalue weighted by Gasteiger charge is 2.58. The van der Waals surface area contributed by atoms with Gasteiger partial charge in [-0.15, -0.1) is 0 Å². The van der Waals surface area contributed by atoms with E-state index in [0.29, 0.717) is 23.4 Å². The lowest BCUT2D eigenvalue weighted by atomic mass is 9.91. The predicted molar refractivity (Wildman–Crippen MR) is 211 cm³/mol. The molecule has 3 aromatic heterocycles. The number of rotatable bonds is 28. The zero-order valence-electron chi connectivity index (χ0n) is 33.0. The van der Waals surface area contributed by atoms with E-state index < -0.39 is 50.4 Å². The van der Waals surface area contributed by atoms with Crippen LogP contribution in [0.3, 0.4) is 0 Å². The average molecular weight is 814 g/mol. The van der Waals surface area contributed by atoms with Gasteiger partial charge in [-0.2, -0.15) is 15.6 Å². The minimum absolute atomic E-state index is 0.0671. The molecule has 0 aromatic carbocycles. The Morgan fingerprint density at radius 3 is 2.11 bits per heavy atom. The van der Waals surface area contributed by atoms with Crippen molar-refractivity contribution in [3.05, 3.63) is 53.7 Å². The van der Waals surface area contributed by atoms with Crippen LogP contribution in [0.5, 0.6) is 0 Å². The topological polar surface area (TPSA) is 252 Å². The van der Waals surface area contributed by atoms with Crippen molar-refractivity contribution in [2.24, 2.45) is 0 Å². The van der Waals surface area contributed by atoms with Gasteiger partial charge >= 0.3 is 7.82 Å². The van der Waals surface area contributed by atoms with E-state index in [9.17, 15) is 29.8 Å². The van der Waals surface area contributed by atoms with Crippen LogP contribution < -0.4 is 5.73 Å². The molecule has 1 saturated heterocycles. The number of nitriles is 2. The molecule has 0 spiro atoms. The largest absolute Gasteiger partial charge is 0.469 e. The van der Waals surface area contributed by atoms with E-state index in [4.69, 9.17) is 29.7 Å². The number of hydrogen-bond acceptors (Lipinski definition) is 13. The summed E-state index contributed by atoms with van der Waals surface area (Å²) in [6, 6.07) is 10.1. The SMILES string of the molecule is CCCCCCCCCCCCCCCCCCOCC(OCc1ccc(C#N)cn1)C(C[C@H]1O[C@@](C#N)(c2ccc3c(N)ncnn23)[C@H](O)[C@@H]1O)OP(=O)(O)O. The van der Waals surface area contributed by atoms with E-state index >= 15 is 0 Å². The van der Waals surface area contributed by atoms with Crippen LogP contribution >= 0.6 is 7.82 Å². The first kappa shape index (κ1) is 46.2. The fraction of sp³-hybridized carbons (Fsp3) is 0.675. The van der Waals surface area contributed by atoms with Gasteiger partial charge in [0.05, 0.1) is 36.3 Å². The maximum Gasteiger partial charge on any atom is 0.469 e. The van der Waals surface area contributed by atoms with Crippen LogP contribution in [-0.2, 0) is 35.5 Å². The predicted octanol–water partition coefficient (Wildman–Crippen LogP) is 6.15. The zero-order valence-corrected chi connectivity index (χ0v) is 33.9. The van der Waals surface area contributed by atoms with Gasteiger partial charge in [0.1, 0.15) is 48.4 Å². The maximum atomic E-state index is 12.3. The Kier molecular flexibility index (Phi) is 19.2. The lowest BCUT2D eigenvalue weighted by Crippen LogP contribution is -2.42. The van der Waals surface area contributed by atoms with Crippen LogP contribution in [0.2, 0.25) is 0 Å². The molecule has 0 amide bonds. The van der Waals surface area contributed by atoms with Gasteiger partial charge in [0.15, 0.2) is 5.82 Å². The van der Waals surface area contributed by atoms with Gasteiger partial charge in [-0.25, -0.2) is 14.1 Å². The molecule has 314 valence electrons. The number of aromatic nitrogens is 4. The van der Waals surface area contributed by atoms with Gasteiger partial charge in [0, 0.05) is 19.2 Å². The minimum atomic E-state index is -5.16. The second-order valence-electron chi connectivity index (χ2n) is 14.8. The first-order chi connectivity index (χ1) is 27.5. The number of nitrogens with two attached hydrogens (primary N) is 1. The lowest BCUT2D eigenvalue weighted by molar-refractivity contribution is -0.111. The molecule has 57 heavy (non-hydrogen) atoms. The Bertz CT molecular complexity index is 1760. The number of hydrogen-bond donors (Lipinski definition) is 5. The van der Waals surface area contributed by atoms with Crippen LogP contribution in [0, 0.1) is 22.7 Å². The van der Waals surface area contributed by atoms with Crippen molar-refractivity contribution < 1.29 is 43.3 Å². The molecule has 0 bridgehead atoms. The fourth-order valence-corrected chi connectivity index (χ4v) is 7.83. The number of phosphoric acid groups is 1. The molecule has 17 heteroatoms. The molecular weight excluding hydrogens is 753 g/mol. The first-order valence-corrected chi connectivity index (χ1v) is 21.9. The highest BCUT2D eigenvalue weighted by Crippen LogP contribution is 2.45. The summed E-state index contributed by atoms with van der Waals surface area (Å²) in [7, 11) is -5.16. The van der Waals surface area contributed by atoms with Crippen molar-refractivity contribution >= 4 is 19.2 Å². The first-order valence-electron chi connectivity index (χ1n) is 20.3. The number of aliphatic hydroxyl groups is 2. The van der Waals surface area contributed by atoms with Crippen molar-refractivity contribution in [2.75, 3.05) is 18.9 Å². The standard InChI is InChI=1S/C40H60N7O9P/c1-2-3-4-5-6-7-8-9-10-11-12-13-14-15-16-17-22-53-27-35(54-26-31-19-18-30(24-41)25-44-31)33(56-57(50,51)52)23-34-37(48)38(49)40(28-42,55-34)36-21-20-32-39(43)45-29-46-47(32)36/h18-21,25,29,33-35,37-38,48-49H,2-17,22-23,26-27H2,1H3,(H2,43,45,46)(H2,50,51,52)/t33?,34-,35?,37-,38-,40+/m1/s1. The number of aliphatic hydroxyl groups excluding tert-OH is 2. The molecular formula is C40H60N7O9P. The smallest absolute Gasteiger partial charge is 0.388 e. The molecule has 4 rings (SSSR count). The maximum absolute atomic E-state index is 12.3. The summed E-state index contributed by atoms with van der Waals surface area (Å²) in [6.45, 7) is 2.34. The third-order valence-electron chi connectivity index (χ3n) is 10.5. The lowest BCUT2D eigenvalue weighted by Gasteiger charge is -2.30. The second kappa shape index (κ2) is 23.8. The zero-order chi connectivity index (χ0) is 41.1. The monoisotopic (exact) mass is 813 g/mol. The summed E-state index contributed by atoms with van der Waals surface area (Å²) in [5.74, 6) is 0.111. The number of fused-ring (bicyclic) bond motifs is 1. The molecule has 6 N–H and O–H groups in total. The Balaban J connectivity index is 1.32. The minimum Gasteiger partial charge on any atom is -0.388 e. The molecule has 0 radical (unpaired) electrons. The van der Waals surface area contributed by atoms with Crippen LogP contribution in [-0.4, -0.2) is 83.3 Å². The summed E-state index contributed by atoms with van der Waals surface area (Å²) in [5.41, 5.74) is 5.01. The molecule has 0 saturated carbocycles. The van der Waals surface area contributed by atoms with Gasteiger partial charge in [0.25, 0.3) is 0 Å². The molecule has 2 unspecified atom stereocenters. The number of unbranched alkanes of at least 4 members (excludes halogenated alkanes) is 15. The molecule has 3 aromatic rings. The average Bonchev–Trinajstić information content (AvgIpc) is 3.74. The molecule has 16 nitrogen and oxygen atoms in total. The van der Waals surface area contributed by atoms with E-state index in [0.717, 1.165) is 25.7 Å². The van der Waals surface area contributed by atoms with Gasteiger partial charge in [-0.3, -0.25) is 9.51 Å². The van der Waals surface area contributed by atoms with Crippen molar-refractivity contribution in [2.45, 2.75) is 159 Å². The van der Waals surface area contributed by atoms with Crippen molar-refractivity contribution in [1.82, 2.24) is 19.6 Å². The Labute approximate surface area is 335 Å². The number of ether oxygens (including phenoxy) is 3. The molecule has 4 heterocycles. The summed E-state index contributed by atoms with van der Waals surface area (Å²) in [4.78, 5) is 28.1. The van der Waals surface area contributed by atoms with E-state index in [1.165, 1.54) is 106 Å². The molecule has 1 aliphatic heterocycles. The Hall–Kier alpha value is -3.54. The highest BCUT2D eigenvalue weighted by atomic mass is 31.2. The quantitative estimate of drug-likeness (QED) is 0.0407. The number of pyridine rings is 1. The Morgan fingerprint density at radius 2 is 1.54 bits per heavy atom. The van der Waals surface area contributed by atoms with E-state index in [-0.39, 0.29) is 24.7 Å². The van der Waals surface area contributed by atoms with Crippen LogP contribution in [0.15, 0.2) is 36.8 Å². The third-order valence-corrected chi connectivity index (χ3v) is 11.0. The van der Waals surface area contributed by atoms with Crippen LogP contribution in [0.25, 0.3) is 5.52 Å². The number of anilines is 1. The van der Waals surface area contributed by atoms with Crippen molar-refractivity contribution in [3.63, 3.8) is 0 Å². The van der Waals surface area contributed by atoms with Crippen LogP contribution in [0.4, 0.5) is 5.82 Å². The summed E-state index contributed by atoms with van der Waals surface area (Å²) in [5, 5.41) is 46.1. The van der Waals surface area contributed by atoms with E-state index in [1.807, 2.05) is 12.1 Å². The van der Waals surface area contributed by atoms with Crippen molar-refractivity contribution in [3.8, 4) is 12.1 Å². The normalized spacial score (nSPS) is 20.7.